The molecule has 1 heterocycles. The van der Waals surface area contributed by atoms with Crippen LogP contribution < -0.4 is 9.47 Å². The van der Waals surface area contributed by atoms with Gasteiger partial charge in [-0.2, -0.15) is 44.6 Å². The highest BCUT2D eigenvalue weighted by atomic mass is 19.4. The lowest BCUT2D eigenvalue weighted by atomic mass is 9.95. The summed E-state index contributed by atoms with van der Waals surface area (Å²) in [7, 11) is 2.57. The predicted molar refractivity (Wildman–Crippen MR) is 128 cm³/mol. The van der Waals surface area contributed by atoms with E-state index in [9.17, 15) is 44.6 Å². The number of aromatic nitrogens is 2. The molecule has 0 saturated heterocycles. The summed E-state index contributed by atoms with van der Waals surface area (Å²) in [6, 6.07) is 9.88. The summed E-state index contributed by atoms with van der Waals surface area (Å²) in [6.45, 7) is -0.231. The fourth-order valence-electron chi connectivity index (χ4n) is 4.02. The molecule has 0 aliphatic heterocycles. The fraction of sp³-hybridized carbons (Fsp3) is 0.222. The van der Waals surface area contributed by atoms with E-state index >= 15 is 0 Å². The van der Waals surface area contributed by atoms with Gasteiger partial charge in [0, 0.05) is 12.6 Å². The Hall–Kier alpha value is -4.36. The summed E-state index contributed by atoms with van der Waals surface area (Å²) >= 11 is 0. The quantitative estimate of drug-likeness (QED) is 0.231. The van der Waals surface area contributed by atoms with Crippen LogP contribution in [-0.2, 0) is 32.2 Å². The van der Waals surface area contributed by atoms with E-state index in [1.54, 1.807) is 24.3 Å². The van der Waals surface area contributed by atoms with Crippen LogP contribution >= 0.6 is 0 Å². The van der Waals surface area contributed by atoms with E-state index in [0.717, 1.165) is 23.9 Å². The lowest BCUT2D eigenvalue weighted by Gasteiger charge is -2.19. The summed E-state index contributed by atoms with van der Waals surface area (Å²) in [5.74, 6) is -0.733. The number of ether oxygens (including phenoxy) is 2. The van der Waals surface area contributed by atoms with Crippen LogP contribution in [0.3, 0.4) is 0 Å². The first kappa shape index (κ1) is 29.6. The average molecular weight is 590 g/mol. The third-order valence-corrected chi connectivity index (χ3v) is 6.02. The molecule has 0 radical (unpaired) electrons. The monoisotopic (exact) mass is 590 g/mol. The molecule has 0 unspecified atom stereocenters. The van der Waals surface area contributed by atoms with Crippen LogP contribution in [0.2, 0.25) is 0 Å². The first-order valence-electron chi connectivity index (χ1n) is 11.5. The molecular formula is C27H19F9N2O3. The number of halogens is 9. The van der Waals surface area contributed by atoms with Crippen molar-refractivity contribution >= 4 is 0 Å². The largest absolute Gasteiger partial charge is 0.506 e. The summed E-state index contributed by atoms with van der Waals surface area (Å²) < 4.78 is 133. The number of benzene rings is 3. The fourth-order valence-corrected chi connectivity index (χ4v) is 4.02. The zero-order chi connectivity index (χ0) is 30.3. The third-order valence-electron chi connectivity index (χ3n) is 6.02. The van der Waals surface area contributed by atoms with Crippen molar-refractivity contribution in [2.75, 3.05) is 7.11 Å². The van der Waals surface area contributed by atoms with Crippen molar-refractivity contribution in [3.05, 3.63) is 83.0 Å². The lowest BCUT2D eigenvalue weighted by molar-refractivity contribution is -0.143. The van der Waals surface area contributed by atoms with E-state index in [2.05, 4.69) is 5.10 Å². The minimum absolute atomic E-state index is 0.0843. The Morgan fingerprint density at radius 3 is 1.85 bits per heavy atom. The first-order chi connectivity index (χ1) is 19.0. The summed E-state index contributed by atoms with van der Waals surface area (Å²) in [6.07, 6.45) is -15.3. The van der Waals surface area contributed by atoms with Gasteiger partial charge in [0.25, 0.3) is 0 Å². The van der Waals surface area contributed by atoms with E-state index in [0.29, 0.717) is 29.5 Å². The van der Waals surface area contributed by atoms with E-state index in [-0.39, 0.29) is 29.7 Å². The van der Waals surface area contributed by atoms with Gasteiger partial charge in [-0.15, -0.1) is 0 Å². The molecule has 0 bridgehead atoms. The number of hydrogen-bond donors (Lipinski definition) is 1. The molecule has 0 amide bonds. The van der Waals surface area contributed by atoms with Crippen molar-refractivity contribution in [2.24, 2.45) is 7.05 Å². The summed E-state index contributed by atoms with van der Waals surface area (Å²) in [5, 5.41) is 14.5. The molecule has 0 aliphatic carbocycles. The van der Waals surface area contributed by atoms with Crippen molar-refractivity contribution in [1.82, 2.24) is 9.78 Å². The summed E-state index contributed by atoms with van der Waals surface area (Å²) in [4.78, 5) is 0. The van der Waals surface area contributed by atoms with Crippen LogP contribution in [0.4, 0.5) is 39.5 Å². The molecule has 1 aromatic heterocycles. The number of phenolic OH excluding ortho intramolecular Hbond substituents is 1. The van der Waals surface area contributed by atoms with E-state index in [1.807, 2.05) is 0 Å². The molecule has 0 spiro atoms. The van der Waals surface area contributed by atoms with Gasteiger partial charge in [0.2, 0.25) is 0 Å². The van der Waals surface area contributed by atoms with Crippen LogP contribution in [0.5, 0.6) is 17.2 Å². The minimum Gasteiger partial charge on any atom is -0.506 e. The standard InChI is InChI=1S/C27H19F9N2O3/c1-38-20(12-22(37-38)27(34,35)36)19-7-8-21(41-13-14-3-5-18(40-2)6-4-14)23(24(19)39)15-9-16(25(28,29)30)11-17(10-15)26(31,32)33/h3-12,39H,13H2,1-2H3. The van der Waals surface area contributed by atoms with Gasteiger partial charge in [-0.3, -0.25) is 4.68 Å². The van der Waals surface area contributed by atoms with E-state index in [4.69, 9.17) is 9.47 Å². The number of aryl methyl sites for hydroxylation is 1. The minimum atomic E-state index is -5.20. The maximum Gasteiger partial charge on any atom is 0.435 e. The third kappa shape index (κ3) is 6.36. The molecule has 4 aromatic rings. The van der Waals surface area contributed by atoms with Crippen molar-refractivity contribution in [3.63, 3.8) is 0 Å². The normalized spacial score (nSPS) is 12.5. The molecule has 3 aromatic carbocycles. The highest BCUT2D eigenvalue weighted by Crippen LogP contribution is 2.47. The number of alkyl halides is 9. The van der Waals surface area contributed by atoms with Crippen molar-refractivity contribution in [1.29, 1.82) is 0 Å². The maximum absolute atomic E-state index is 13.6. The number of nitrogens with zero attached hydrogens (tertiary/aromatic N) is 2. The highest BCUT2D eigenvalue weighted by molar-refractivity contribution is 5.86. The van der Waals surface area contributed by atoms with Crippen molar-refractivity contribution < 1.29 is 54.1 Å². The molecule has 14 heteroatoms. The van der Waals surface area contributed by atoms with Gasteiger partial charge < -0.3 is 14.6 Å². The number of methoxy groups -OCH3 is 1. The molecule has 0 atom stereocenters. The Morgan fingerprint density at radius 2 is 1.37 bits per heavy atom. The van der Waals surface area contributed by atoms with Gasteiger partial charge in [-0.1, -0.05) is 12.1 Å². The van der Waals surface area contributed by atoms with Crippen molar-refractivity contribution in [2.45, 2.75) is 25.1 Å². The second-order valence-electron chi connectivity index (χ2n) is 8.80. The Bertz CT molecular complexity index is 1520. The molecule has 5 nitrogen and oxygen atoms in total. The van der Waals surface area contributed by atoms with E-state index < -0.39 is 52.2 Å². The summed E-state index contributed by atoms with van der Waals surface area (Å²) in [5.41, 5.74) is -6.08. The maximum atomic E-state index is 13.6. The van der Waals surface area contributed by atoms with Crippen LogP contribution in [0.1, 0.15) is 22.4 Å². The second kappa shape index (κ2) is 10.6. The Labute approximate surface area is 226 Å². The number of hydrogen-bond acceptors (Lipinski definition) is 4. The Morgan fingerprint density at radius 1 is 0.780 bits per heavy atom. The van der Waals surface area contributed by atoms with E-state index in [1.165, 1.54) is 7.11 Å². The number of rotatable bonds is 6. The van der Waals surface area contributed by atoms with Gasteiger partial charge in [-0.05, 0) is 59.7 Å². The van der Waals surface area contributed by atoms with Crippen LogP contribution in [0.25, 0.3) is 22.4 Å². The lowest BCUT2D eigenvalue weighted by Crippen LogP contribution is -2.11. The van der Waals surface area contributed by atoms with Gasteiger partial charge in [-0.25, -0.2) is 0 Å². The van der Waals surface area contributed by atoms with Gasteiger partial charge in [0.05, 0.1) is 29.5 Å². The molecule has 1 N–H and O–H groups in total. The SMILES string of the molecule is COc1ccc(COc2ccc(-c3cc(C(F)(F)F)nn3C)c(O)c2-c2cc(C(F)(F)F)cc(C(F)(F)F)c2)cc1. The van der Waals surface area contributed by atoms with Gasteiger partial charge in [0.15, 0.2) is 5.69 Å². The molecule has 41 heavy (non-hydrogen) atoms. The molecule has 0 fully saturated rings. The van der Waals surface area contributed by atoms with Crippen LogP contribution in [0.15, 0.2) is 60.7 Å². The predicted octanol–water partition coefficient (Wildman–Crippen LogP) is 8.10. The van der Waals surface area contributed by atoms with Gasteiger partial charge >= 0.3 is 18.5 Å². The van der Waals surface area contributed by atoms with Gasteiger partial charge in [0.1, 0.15) is 23.9 Å². The Kier molecular flexibility index (Phi) is 7.63. The zero-order valence-corrected chi connectivity index (χ0v) is 21.0. The molecular weight excluding hydrogens is 571 g/mol. The smallest absolute Gasteiger partial charge is 0.435 e. The second-order valence-corrected chi connectivity index (χ2v) is 8.80. The number of phenols is 1. The van der Waals surface area contributed by atoms with Crippen LogP contribution in [-0.4, -0.2) is 22.0 Å². The average Bonchev–Trinajstić information content (AvgIpc) is 3.28. The highest BCUT2D eigenvalue weighted by Gasteiger charge is 2.38. The molecule has 218 valence electrons. The molecule has 0 aliphatic rings. The Balaban J connectivity index is 1.93. The number of aromatic hydroxyl groups is 1. The molecule has 4 rings (SSSR count). The van der Waals surface area contributed by atoms with Crippen LogP contribution in [0, 0.1) is 0 Å². The molecule has 0 saturated carbocycles. The topological polar surface area (TPSA) is 56.5 Å². The van der Waals surface area contributed by atoms with Crippen molar-refractivity contribution in [3.8, 4) is 39.6 Å². The first-order valence-corrected chi connectivity index (χ1v) is 11.5. The zero-order valence-electron chi connectivity index (χ0n) is 21.0.